The van der Waals surface area contributed by atoms with Gasteiger partial charge in [0.25, 0.3) is 0 Å². The van der Waals surface area contributed by atoms with E-state index in [0.717, 1.165) is 19.5 Å². The van der Waals surface area contributed by atoms with Crippen LogP contribution in [0.25, 0.3) is 0 Å². The Morgan fingerprint density at radius 2 is 2.17 bits per heavy atom. The summed E-state index contributed by atoms with van der Waals surface area (Å²) in [4.78, 5) is 25.0. The molecule has 1 heterocycles. The Balaban J connectivity index is 0.00000289. The van der Waals surface area contributed by atoms with Crippen molar-refractivity contribution in [3.05, 3.63) is 0 Å². The third-order valence-corrected chi connectivity index (χ3v) is 3.15. The topological polar surface area (TPSA) is 87.5 Å². The lowest BCUT2D eigenvalue weighted by Gasteiger charge is -2.22. The maximum absolute atomic E-state index is 11.8. The van der Waals surface area contributed by atoms with E-state index in [0.29, 0.717) is 19.0 Å². The molecule has 2 atom stereocenters. The second kappa shape index (κ2) is 8.29. The van der Waals surface area contributed by atoms with Crippen molar-refractivity contribution in [3.8, 4) is 0 Å². The van der Waals surface area contributed by atoms with Gasteiger partial charge >= 0.3 is 6.03 Å². The number of carbonyl (C=O) groups excluding carboxylic acids is 2. The first kappa shape index (κ1) is 17.2. The molecule has 0 aliphatic carbocycles. The first-order chi connectivity index (χ1) is 8.08. The van der Waals surface area contributed by atoms with Crippen molar-refractivity contribution < 1.29 is 9.59 Å². The molecule has 6 nitrogen and oxygen atoms in total. The molecule has 18 heavy (non-hydrogen) atoms. The Bertz CT molecular complexity index is 288. The van der Waals surface area contributed by atoms with Crippen LogP contribution in [0.1, 0.15) is 20.3 Å². The fourth-order valence-electron chi connectivity index (χ4n) is 1.99. The third-order valence-electron chi connectivity index (χ3n) is 3.15. The summed E-state index contributed by atoms with van der Waals surface area (Å²) >= 11 is 0. The highest BCUT2D eigenvalue weighted by molar-refractivity contribution is 5.96. The number of likely N-dealkylation sites (tertiary alicyclic amines) is 1. The Morgan fingerprint density at radius 1 is 1.50 bits per heavy atom. The number of hydrogen-bond acceptors (Lipinski definition) is 4. The second-order valence-electron chi connectivity index (χ2n) is 4.41. The van der Waals surface area contributed by atoms with Gasteiger partial charge in [0.1, 0.15) is 0 Å². The molecule has 2 unspecified atom stereocenters. The Kier molecular flexibility index (Phi) is 7.90. The zero-order valence-corrected chi connectivity index (χ0v) is 11.8. The predicted octanol–water partition coefficient (Wildman–Crippen LogP) is -0.0770. The molecule has 0 saturated carbocycles. The molecular weight excluding hydrogens is 256 g/mol. The van der Waals surface area contributed by atoms with E-state index >= 15 is 0 Å². The zero-order valence-electron chi connectivity index (χ0n) is 10.9. The van der Waals surface area contributed by atoms with Crippen LogP contribution in [-0.4, -0.2) is 49.1 Å². The average Bonchev–Trinajstić information content (AvgIpc) is 2.76. The summed E-state index contributed by atoms with van der Waals surface area (Å²) in [6, 6.07) is -0.715. The van der Waals surface area contributed by atoms with Crippen LogP contribution in [0.15, 0.2) is 0 Å². The molecular formula is C11H23ClN4O2. The van der Waals surface area contributed by atoms with E-state index in [1.54, 1.807) is 6.92 Å². The van der Waals surface area contributed by atoms with Crippen molar-refractivity contribution in [2.45, 2.75) is 26.3 Å². The van der Waals surface area contributed by atoms with Gasteiger partial charge < -0.3 is 11.1 Å². The van der Waals surface area contributed by atoms with Crippen molar-refractivity contribution in [1.29, 1.82) is 0 Å². The number of nitrogens with one attached hydrogen (secondary N) is 2. The van der Waals surface area contributed by atoms with Crippen LogP contribution < -0.4 is 16.4 Å². The number of urea groups is 1. The molecule has 1 saturated heterocycles. The Hall–Kier alpha value is -0.850. The smallest absolute Gasteiger partial charge is 0.321 e. The van der Waals surface area contributed by atoms with Crippen molar-refractivity contribution in [1.82, 2.24) is 15.5 Å². The monoisotopic (exact) mass is 278 g/mol. The lowest BCUT2D eigenvalue weighted by molar-refractivity contribution is -0.124. The number of nitrogens with two attached hydrogens (primary N) is 1. The SMILES string of the molecule is CCNC(=O)NC(=O)C(C)N1CCC(CN)C1.Cl. The number of halogens is 1. The molecule has 0 bridgehead atoms. The van der Waals surface area contributed by atoms with Crippen molar-refractivity contribution in [2.24, 2.45) is 11.7 Å². The molecule has 1 aliphatic rings. The maximum atomic E-state index is 11.8. The summed E-state index contributed by atoms with van der Waals surface area (Å²) in [5.41, 5.74) is 5.60. The standard InChI is InChI=1S/C11H22N4O2.ClH/c1-3-13-11(17)14-10(16)8(2)15-5-4-9(6-12)7-15;/h8-9H,3-7,12H2,1-2H3,(H2,13,14,16,17);1H. The van der Waals surface area contributed by atoms with Gasteiger partial charge in [-0.25, -0.2) is 4.79 Å². The van der Waals surface area contributed by atoms with Crippen molar-refractivity contribution in [2.75, 3.05) is 26.2 Å². The van der Waals surface area contributed by atoms with Gasteiger partial charge in [0.15, 0.2) is 0 Å². The van der Waals surface area contributed by atoms with E-state index in [4.69, 9.17) is 5.73 Å². The van der Waals surface area contributed by atoms with Crippen LogP contribution in [0, 0.1) is 5.92 Å². The molecule has 0 aromatic rings. The summed E-state index contributed by atoms with van der Waals surface area (Å²) in [6.45, 7) is 6.48. The molecule has 0 spiro atoms. The second-order valence-corrected chi connectivity index (χ2v) is 4.41. The first-order valence-corrected chi connectivity index (χ1v) is 6.11. The predicted molar refractivity (Wildman–Crippen MR) is 72.7 cm³/mol. The van der Waals surface area contributed by atoms with Gasteiger partial charge in [0.05, 0.1) is 6.04 Å². The van der Waals surface area contributed by atoms with Gasteiger partial charge in [0, 0.05) is 13.1 Å². The summed E-state index contributed by atoms with van der Waals surface area (Å²) < 4.78 is 0. The normalized spacial score (nSPS) is 20.9. The van der Waals surface area contributed by atoms with E-state index in [9.17, 15) is 9.59 Å². The van der Waals surface area contributed by atoms with E-state index < -0.39 is 6.03 Å². The Labute approximate surface area is 114 Å². The van der Waals surface area contributed by atoms with E-state index in [-0.39, 0.29) is 24.4 Å². The van der Waals surface area contributed by atoms with Crippen LogP contribution in [0.2, 0.25) is 0 Å². The highest BCUT2D eigenvalue weighted by atomic mass is 35.5. The average molecular weight is 279 g/mol. The summed E-state index contributed by atoms with van der Waals surface area (Å²) in [6.07, 6.45) is 1.02. The van der Waals surface area contributed by atoms with E-state index in [1.165, 1.54) is 0 Å². The summed E-state index contributed by atoms with van der Waals surface area (Å²) in [5, 5.41) is 4.86. The highest BCUT2D eigenvalue weighted by Crippen LogP contribution is 2.17. The molecule has 7 heteroatoms. The van der Waals surface area contributed by atoms with Gasteiger partial charge in [-0.05, 0) is 39.3 Å². The number of nitrogens with zero attached hydrogens (tertiary/aromatic N) is 1. The molecule has 1 fully saturated rings. The fraction of sp³-hybridized carbons (Fsp3) is 0.818. The minimum Gasteiger partial charge on any atom is -0.338 e. The molecule has 1 rings (SSSR count). The fourth-order valence-corrected chi connectivity index (χ4v) is 1.99. The molecule has 3 amide bonds. The molecule has 1 aliphatic heterocycles. The molecule has 0 aromatic carbocycles. The molecule has 0 aromatic heterocycles. The third kappa shape index (κ3) is 4.80. The van der Waals surface area contributed by atoms with Gasteiger partial charge in [-0.3, -0.25) is 15.0 Å². The number of amides is 3. The number of carbonyl (C=O) groups is 2. The number of hydrogen-bond donors (Lipinski definition) is 3. The molecule has 106 valence electrons. The van der Waals surface area contributed by atoms with Crippen LogP contribution in [-0.2, 0) is 4.79 Å². The van der Waals surface area contributed by atoms with E-state index in [2.05, 4.69) is 15.5 Å². The van der Waals surface area contributed by atoms with Crippen molar-refractivity contribution >= 4 is 24.3 Å². The number of rotatable bonds is 4. The first-order valence-electron chi connectivity index (χ1n) is 6.11. The van der Waals surface area contributed by atoms with Gasteiger partial charge in [0.2, 0.25) is 5.91 Å². The minimum absolute atomic E-state index is 0. The molecule has 4 N–H and O–H groups in total. The van der Waals surface area contributed by atoms with Crippen LogP contribution >= 0.6 is 12.4 Å². The Morgan fingerprint density at radius 3 is 2.67 bits per heavy atom. The lowest BCUT2D eigenvalue weighted by atomic mass is 10.1. The van der Waals surface area contributed by atoms with Crippen LogP contribution in [0.5, 0.6) is 0 Å². The largest absolute Gasteiger partial charge is 0.338 e. The molecule has 0 radical (unpaired) electrons. The highest BCUT2D eigenvalue weighted by Gasteiger charge is 2.29. The van der Waals surface area contributed by atoms with Crippen molar-refractivity contribution in [3.63, 3.8) is 0 Å². The van der Waals surface area contributed by atoms with Gasteiger partial charge in [-0.15, -0.1) is 12.4 Å². The number of imide groups is 1. The maximum Gasteiger partial charge on any atom is 0.321 e. The minimum atomic E-state index is -0.432. The lowest BCUT2D eigenvalue weighted by Crippen LogP contribution is -2.49. The summed E-state index contributed by atoms with van der Waals surface area (Å²) in [7, 11) is 0. The summed E-state index contributed by atoms with van der Waals surface area (Å²) in [5.74, 6) is 0.211. The van der Waals surface area contributed by atoms with Crippen LogP contribution in [0.4, 0.5) is 4.79 Å². The van der Waals surface area contributed by atoms with E-state index in [1.807, 2.05) is 6.92 Å². The van der Waals surface area contributed by atoms with Gasteiger partial charge in [-0.1, -0.05) is 0 Å². The quantitative estimate of drug-likeness (QED) is 0.671. The van der Waals surface area contributed by atoms with Gasteiger partial charge in [-0.2, -0.15) is 0 Å². The van der Waals surface area contributed by atoms with Crippen LogP contribution in [0.3, 0.4) is 0 Å². The zero-order chi connectivity index (χ0) is 12.8.